The van der Waals surface area contributed by atoms with Crippen molar-refractivity contribution in [2.75, 3.05) is 17.4 Å². The summed E-state index contributed by atoms with van der Waals surface area (Å²) in [6, 6.07) is 12.2. The topological polar surface area (TPSA) is 138 Å². The third kappa shape index (κ3) is 7.09. The van der Waals surface area contributed by atoms with Crippen molar-refractivity contribution < 1.29 is 23.1 Å². The molecule has 0 bridgehead atoms. The zero-order valence-electron chi connectivity index (χ0n) is 21.2. The number of carbonyl (C=O) groups is 1. The number of aryl methyl sites for hydroxylation is 1. The molecule has 0 aliphatic rings. The van der Waals surface area contributed by atoms with Crippen LogP contribution in [0, 0.1) is 5.92 Å². The molecule has 1 unspecified atom stereocenters. The molecule has 2 aromatic heterocycles. The molecular formula is C26H31N5O5S2. The summed E-state index contributed by atoms with van der Waals surface area (Å²) in [6.07, 6.45) is 2.65. The number of nitrogens with one attached hydrogen (secondary N) is 2. The lowest BCUT2D eigenvalue weighted by molar-refractivity contribution is 0.124. The predicted molar refractivity (Wildman–Crippen MR) is 147 cm³/mol. The minimum Gasteiger partial charge on any atom is -0.444 e. The largest absolute Gasteiger partial charge is 0.444 e. The first-order valence-electron chi connectivity index (χ1n) is 12.2. The van der Waals surface area contributed by atoms with Crippen molar-refractivity contribution in [2.24, 2.45) is 5.92 Å². The average Bonchev–Trinajstić information content (AvgIpc) is 3.60. The molecule has 38 heavy (non-hydrogen) atoms. The first-order chi connectivity index (χ1) is 18.2. The zero-order valence-corrected chi connectivity index (χ0v) is 22.8. The molecule has 0 saturated carbocycles. The summed E-state index contributed by atoms with van der Waals surface area (Å²) in [4.78, 5) is 23.9. The van der Waals surface area contributed by atoms with Crippen LogP contribution in [0.2, 0.25) is 0 Å². The Bertz CT molecular complexity index is 1450. The van der Waals surface area contributed by atoms with Gasteiger partial charge in [-0.3, -0.25) is 9.29 Å². The van der Waals surface area contributed by atoms with Crippen LogP contribution in [0.25, 0.3) is 11.0 Å². The number of hydrogen-bond donors (Lipinski definition) is 3. The van der Waals surface area contributed by atoms with Crippen LogP contribution in [0.1, 0.15) is 30.7 Å². The Morgan fingerprint density at radius 1 is 1.24 bits per heavy atom. The number of amides is 1. The van der Waals surface area contributed by atoms with Gasteiger partial charge in [-0.1, -0.05) is 26.0 Å². The number of anilines is 1. The number of alkyl carbamates (subject to hydrolysis) is 1. The zero-order chi connectivity index (χ0) is 27.1. The lowest BCUT2D eigenvalue weighted by Crippen LogP contribution is -2.34. The normalized spacial score (nSPS) is 12.5. The van der Waals surface area contributed by atoms with Gasteiger partial charge in [0, 0.05) is 19.3 Å². The maximum atomic E-state index is 13.7. The lowest BCUT2D eigenvalue weighted by Gasteiger charge is -2.27. The number of aromatic amines is 1. The number of sulfonamides is 1. The summed E-state index contributed by atoms with van der Waals surface area (Å²) in [6.45, 7) is 4.42. The predicted octanol–water partition coefficient (Wildman–Crippen LogP) is 4.09. The van der Waals surface area contributed by atoms with E-state index in [1.165, 1.54) is 22.0 Å². The summed E-state index contributed by atoms with van der Waals surface area (Å²) in [7, 11) is -3.83. The van der Waals surface area contributed by atoms with Gasteiger partial charge in [-0.2, -0.15) is 0 Å². The Morgan fingerprint density at radius 3 is 2.84 bits per heavy atom. The van der Waals surface area contributed by atoms with E-state index in [4.69, 9.17) is 4.74 Å². The van der Waals surface area contributed by atoms with Crippen molar-refractivity contribution in [1.29, 1.82) is 0 Å². The van der Waals surface area contributed by atoms with Crippen LogP contribution in [-0.2, 0) is 27.8 Å². The summed E-state index contributed by atoms with van der Waals surface area (Å²) < 4.78 is 33.9. The molecule has 0 aliphatic carbocycles. The van der Waals surface area contributed by atoms with Crippen molar-refractivity contribution in [3.05, 3.63) is 70.9 Å². The maximum Gasteiger partial charge on any atom is 0.407 e. The van der Waals surface area contributed by atoms with Gasteiger partial charge >= 0.3 is 6.09 Å². The third-order valence-electron chi connectivity index (χ3n) is 5.79. The molecule has 1 atom stereocenters. The number of carbonyl (C=O) groups excluding carboxylic acids is 1. The standard InChI is InChI=1S/C26H31N5O5S2/c1-18(2)14-31(38(34,35)23-8-9-24-25(11-23)30-16-29-24)20-5-3-4-19(10-20)6-7-21(32)12-28-26(33)36-15-22-13-27-17-37-22/h3-5,8-11,13,16-18,21,32H,6-7,12,14-15H2,1-2H3,(H,28,33)(H,29,30). The number of ether oxygens (including phenoxy) is 1. The maximum absolute atomic E-state index is 13.7. The Morgan fingerprint density at radius 2 is 2.08 bits per heavy atom. The number of nitrogens with zero attached hydrogens (tertiary/aromatic N) is 3. The Balaban J connectivity index is 1.39. The van der Waals surface area contributed by atoms with Gasteiger partial charge in [-0.25, -0.2) is 18.2 Å². The molecule has 1 amide bonds. The van der Waals surface area contributed by atoms with Crippen molar-refractivity contribution in [1.82, 2.24) is 20.3 Å². The quantitative estimate of drug-likeness (QED) is 0.239. The van der Waals surface area contributed by atoms with E-state index >= 15 is 0 Å². The third-order valence-corrected chi connectivity index (χ3v) is 8.33. The first-order valence-corrected chi connectivity index (χ1v) is 14.5. The van der Waals surface area contributed by atoms with Crippen LogP contribution in [-0.4, -0.2) is 53.8 Å². The number of aliphatic hydroxyl groups excluding tert-OH is 1. The van der Waals surface area contributed by atoms with E-state index in [2.05, 4.69) is 20.3 Å². The SMILES string of the molecule is CC(C)CN(c1cccc(CCC(O)CNC(=O)OCc2cncs2)c1)S(=O)(=O)c1ccc2nc[nH]c2c1. The van der Waals surface area contributed by atoms with Crippen molar-refractivity contribution in [3.8, 4) is 0 Å². The molecule has 2 heterocycles. The van der Waals surface area contributed by atoms with E-state index in [0.29, 0.717) is 36.1 Å². The molecule has 0 aliphatic heterocycles. The fraction of sp³-hybridized carbons (Fsp3) is 0.346. The number of rotatable bonds is 12. The molecule has 12 heteroatoms. The van der Waals surface area contributed by atoms with Gasteiger partial charge in [0.25, 0.3) is 10.0 Å². The number of H-pyrrole nitrogens is 1. The van der Waals surface area contributed by atoms with Crippen LogP contribution in [0.15, 0.2) is 65.4 Å². The van der Waals surface area contributed by atoms with Gasteiger partial charge in [0.1, 0.15) is 6.61 Å². The van der Waals surface area contributed by atoms with Crippen LogP contribution < -0.4 is 9.62 Å². The van der Waals surface area contributed by atoms with E-state index in [0.717, 1.165) is 10.4 Å². The van der Waals surface area contributed by atoms with Crippen molar-refractivity contribution in [2.45, 2.75) is 44.3 Å². The van der Waals surface area contributed by atoms with E-state index < -0.39 is 22.2 Å². The summed E-state index contributed by atoms with van der Waals surface area (Å²) in [5.41, 5.74) is 4.44. The number of aliphatic hydroxyl groups is 1. The minimum atomic E-state index is -3.83. The molecule has 0 fully saturated rings. The Kier molecular flexibility index (Phi) is 8.97. The number of aromatic nitrogens is 3. The second-order valence-corrected chi connectivity index (χ2v) is 12.1. The van der Waals surface area contributed by atoms with E-state index in [-0.39, 0.29) is 24.0 Å². The molecule has 0 spiro atoms. The van der Waals surface area contributed by atoms with Gasteiger partial charge in [0.15, 0.2) is 0 Å². The number of fused-ring (bicyclic) bond motifs is 1. The van der Waals surface area contributed by atoms with Crippen molar-refractivity contribution >= 4 is 44.2 Å². The molecule has 10 nitrogen and oxygen atoms in total. The highest BCUT2D eigenvalue weighted by Gasteiger charge is 2.26. The molecule has 202 valence electrons. The molecule has 0 radical (unpaired) electrons. The fourth-order valence-electron chi connectivity index (χ4n) is 3.88. The van der Waals surface area contributed by atoms with Gasteiger partial charge < -0.3 is 20.1 Å². The second-order valence-electron chi connectivity index (χ2n) is 9.30. The van der Waals surface area contributed by atoms with Crippen LogP contribution in [0.3, 0.4) is 0 Å². The van der Waals surface area contributed by atoms with Crippen LogP contribution in [0.5, 0.6) is 0 Å². The van der Waals surface area contributed by atoms with E-state index in [1.54, 1.807) is 36.0 Å². The summed E-state index contributed by atoms with van der Waals surface area (Å²) in [5.74, 6) is 0.0908. The number of imidazole rings is 1. The molecular weight excluding hydrogens is 526 g/mol. The minimum absolute atomic E-state index is 0.0468. The van der Waals surface area contributed by atoms with Gasteiger partial charge in [-0.05, 0) is 54.7 Å². The van der Waals surface area contributed by atoms with E-state index in [1.807, 2.05) is 32.0 Å². The lowest BCUT2D eigenvalue weighted by atomic mass is 10.1. The Labute approximate surface area is 225 Å². The highest BCUT2D eigenvalue weighted by molar-refractivity contribution is 7.92. The molecule has 4 rings (SSSR count). The fourth-order valence-corrected chi connectivity index (χ4v) is 6.03. The van der Waals surface area contributed by atoms with Gasteiger partial charge in [0.05, 0.1) is 44.4 Å². The second kappa shape index (κ2) is 12.4. The number of hydrogen-bond acceptors (Lipinski definition) is 8. The summed E-state index contributed by atoms with van der Waals surface area (Å²) >= 11 is 1.39. The number of thiazole rings is 1. The average molecular weight is 558 g/mol. The molecule has 3 N–H and O–H groups in total. The first kappa shape index (κ1) is 27.6. The van der Waals surface area contributed by atoms with Gasteiger partial charge in [-0.15, -0.1) is 11.3 Å². The highest BCUT2D eigenvalue weighted by Crippen LogP contribution is 2.27. The smallest absolute Gasteiger partial charge is 0.407 e. The van der Waals surface area contributed by atoms with E-state index in [9.17, 15) is 18.3 Å². The molecule has 4 aromatic rings. The number of benzene rings is 2. The summed E-state index contributed by atoms with van der Waals surface area (Å²) in [5, 5.41) is 12.9. The van der Waals surface area contributed by atoms with Crippen molar-refractivity contribution in [3.63, 3.8) is 0 Å². The van der Waals surface area contributed by atoms with Gasteiger partial charge in [0.2, 0.25) is 0 Å². The molecule has 2 aromatic carbocycles. The van der Waals surface area contributed by atoms with Crippen LogP contribution in [0.4, 0.5) is 10.5 Å². The highest BCUT2D eigenvalue weighted by atomic mass is 32.2. The Hall–Kier alpha value is -3.48. The molecule has 0 saturated heterocycles. The van der Waals surface area contributed by atoms with Crippen LogP contribution >= 0.6 is 11.3 Å². The monoisotopic (exact) mass is 557 g/mol.